The van der Waals surface area contributed by atoms with E-state index in [0.29, 0.717) is 11.8 Å². The summed E-state index contributed by atoms with van der Waals surface area (Å²) >= 11 is 0. The smallest absolute Gasteiger partial charge is 0.115 e. The van der Waals surface area contributed by atoms with E-state index in [0.717, 1.165) is 19.6 Å². The van der Waals surface area contributed by atoms with Crippen LogP contribution in [-0.4, -0.2) is 35.7 Å². The Morgan fingerprint density at radius 2 is 2.12 bits per heavy atom. The van der Waals surface area contributed by atoms with Gasteiger partial charge in [-0.2, -0.15) is 0 Å². The highest BCUT2D eigenvalue weighted by Crippen LogP contribution is 2.16. The van der Waals surface area contributed by atoms with E-state index in [4.69, 9.17) is 0 Å². The average Bonchev–Trinajstić information content (AvgIpc) is 2.79. The predicted octanol–water partition coefficient (Wildman–Crippen LogP) is 1.97. The number of nitrogens with zero attached hydrogens (tertiary/aromatic N) is 1. The van der Waals surface area contributed by atoms with E-state index >= 15 is 0 Å². The van der Waals surface area contributed by atoms with Crippen molar-refractivity contribution in [2.75, 3.05) is 19.6 Å². The van der Waals surface area contributed by atoms with Gasteiger partial charge in [-0.05, 0) is 43.6 Å². The third-order valence-electron chi connectivity index (χ3n) is 3.55. The highest BCUT2D eigenvalue weighted by atomic mass is 16.3. The van der Waals surface area contributed by atoms with Gasteiger partial charge in [0.25, 0.3) is 0 Å². The zero-order chi connectivity index (χ0) is 12.1. The number of hydrogen-bond acceptors (Lipinski definition) is 3. The van der Waals surface area contributed by atoms with Gasteiger partial charge in [-0.15, -0.1) is 0 Å². The molecule has 3 heteroatoms. The molecule has 3 nitrogen and oxygen atoms in total. The third kappa shape index (κ3) is 3.45. The minimum absolute atomic E-state index is 0.335. The molecule has 94 valence electrons. The van der Waals surface area contributed by atoms with Crippen molar-refractivity contribution < 1.29 is 5.11 Å². The van der Waals surface area contributed by atoms with Gasteiger partial charge in [0.15, 0.2) is 0 Å². The minimum atomic E-state index is 0.335. The fraction of sp³-hybridized carbons (Fsp3) is 0.571. The Labute approximate surface area is 103 Å². The van der Waals surface area contributed by atoms with Crippen molar-refractivity contribution in [1.82, 2.24) is 10.2 Å². The second kappa shape index (κ2) is 6.03. The number of likely N-dealkylation sites (N-methyl/N-ethyl adjacent to an activating group) is 1. The second-order valence-electron chi connectivity index (χ2n) is 4.72. The van der Waals surface area contributed by atoms with Crippen LogP contribution in [0, 0.1) is 0 Å². The van der Waals surface area contributed by atoms with Crippen molar-refractivity contribution in [3.05, 3.63) is 29.8 Å². The number of likely N-dealkylation sites (tertiary alicyclic amines) is 1. The van der Waals surface area contributed by atoms with Crippen LogP contribution in [0.5, 0.6) is 5.75 Å². The minimum Gasteiger partial charge on any atom is -0.508 e. The maximum Gasteiger partial charge on any atom is 0.115 e. The molecule has 0 bridgehead atoms. The SMILES string of the molecule is CCN1CCCC1CNCc1ccc(O)cc1. The van der Waals surface area contributed by atoms with Gasteiger partial charge >= 0.3 is 0 Å². The highest BCUT2D eigenvalue weighted by Gasteiger charge is 2.21. The average molecular weight is 234 g/mol. The number of benzene rings is 1. The molecule has 0 amide bonds. The maximum atomic E-state index is 9.19. The lowest BCUT2D eigenvalue weighted by molar-refractivity contribution is 0.260. The number of hydrogen-bond donors (Lipinski definition) is 2. The lowest BCUT2D eigenvalue weighted by Gasteiger charge is -2.23. The van der Waals surface area contributed by atoms with Crippen molar-refractivity contribution in [1.29, 1.82) is 0 Å². The second-order valence-corrected chi connectivity index (χ2v) is 4.72. The molecular formula is C14H22N2O. The van der Waals surface area contributed by atoms with Crippen LogP contribution in [0.25, 0.3) is 0 Å². The van der Waals surface area contributed by atoms with E-state index < -0.39 is 0 Å². The van der Waals surface area contributed by atoms with Gasteiger partial charge in [0.05, 0.1) is 0 Å². The molecule has 1 aliphatic rings. The molecule has 1 aromatic rings. The molecule has 2 N–H and O–H groups in total. The zero-order valence-electron chi connectivity index (χ0n) is 10.5. The van der Waals surface area contributed by atoms with Crippen LogP contribution < -0.4 is 5.32 Å². The number of nitrogens with one attached hydrogen (secondary N) is 1. The molecule has 0 spiro atoms. The molecule has 1 atom stereocenters. The van der Waals surface area contributed by atoms with Crippen LogP contribution in [0.15, 0.2) is 24.3 Å². The molecule has 2 rings (SSSR count). The Balaban J connectivity index is 1.74. The fourth-order valence-electron chi connectivity index (χ4n) is 2.54. The Morgan fingerprint density at radius 1 is 1.35 bits per heavy atom. The fourth-order valence-corrected chi connectivity index (χ4v) is 2.54. The summed E-state index contributed by atoms with van der Waals surface area (Å²) in [4.78, 5) is 2.55. The van der Waals surface area contributed by atoms with Crippen LogP contribution >= 0.6 is 0 Å². The van der Waals surface area contributed by atoms with Crippen LogP contribution in [-0.2, 0) is 6.54 Å². The van der Waals surface area contributed by atoms with Gasteiger partial charge in [0.1, 0.15) is 5.75 Å². The quantitative estimate of drug-likeness (QED) is 0.817. The van der Waals surface area contributed by atoms with Gasteiger partial charge in [-0.25, -0.2) is 0 Å². The van der Waals surface area contributed by atoms with Gasteiger partial charge in [0.2, 0.25) is 0 Å². The van der Waals surface area contributed by atoms with Gasteiger partial charge in [0, 0.05) is 19.1 Å². The van der Waals surface area contributed by atoms with E-state index in [-0.39, 0.29) is 0 Å². The first kappa shape index (κ1) is 12.4. The summed E-state index contributed by atoms with van der Waals surface area (Å²) in [6.07, 6.45) is 2.65. The van der Waals surface area contributed by atoms with Crippen molar-refractivity contribution in [3.63, 3.8) is 0 Å². The van der Waals surface area contributed by atoms with Crippen molar-refractivity contribution >= 4 is 0 Å². The van der Waals surface area contributed by atoms with Crippen molar-refractivity contribution in [2.45, 2.75) is 32.4 Å². The maximum absolute atomic E-state index is 9.19. The first-order valence-corrected chi connectivity index (χ1v) is 6.52. The topological polar surface area (TPSA) is 35.5 Å². The summed E-state index contributed by atoms with van der Waals surface area (Å²) in [5.41, 5.74) is 1.23. The normalized spacial score (nSPS) is 20.9. The summed E-state index contributed by atoms with van der Waals surface area (Å²) in [5.74, 6) is 0.335. The largest absolute Gasteiger partial charge is 0.508 e. The monoisotopic (exact) mass is 234 g/mol. The van der Waals surface area contributed by atoms with Crippen LogP contribution in [0.4, 0.5) is 0 Å². The molecule has 1 fully saturated rings. The summed E-state index contributed by atoms with van der Waals surface area (Å²) in [5, 5.41) is 12.7. The van der Waals surface area contributed by atoms with Gasteiger partial charge in [-0.1, -0.05) is 19.1 Å². The molecule has 0 saturated carbocycles. The molecule has 0 aromatic heterocycles. The summed E-state index contributed by atoms with van der Waals surface area (Å²) in [6, 6.07) is 8.12. The van der Waals surface area contributed by atoms with E-state index in [2.05, 4.69) is 17.1 Å². The molecule has 17 heavy (non-hydrogen) atoms. The van der Waals surface area contributed by atoms with Gasteiger partial charge in [-0.3, -0.25) is 4.90 Å². The molecule has 1 aromatic carbocycles. The Hall–Kier alpha value is -1.06. The lowest BCUT2D eigenvalue weighted by atomic mass is 10.2. The summed E-state index contributed by atoms with van der Waals surface area (Å²) in [7, 11) is 0. The van der Waals surface area contributed by atoms with Crippen molar-refractivity contribution in [3.8, 4) is 5.75 Å². The molecule has 1 saturated heterocycles. The zero-order valence-corrected chi connectivity index (χ0v) is 10.5. The molecular weight excluding hydrogens is 212 g/mol. The van der Waals surface area contributed by atoms with Crippen LogP contribution in [0.2, 0.25) is 0 Å². The van der Waals surface area contributed by atoms with Crippen LogP contribution in [0.3, 0.4) is 0 Å². The molecule has 1 unspecified atom stereocenters. The first-order valence-electron chi connectivity index (χ1n) is 6.52. The first-order chi connectivity index (χ1) is 8.29. The molecule has 0 aliphatic carbocycles. The van der Waals surface area contributed by atoms with Gasteiger partial charge < -0.3 is 10.4 Å². The lowest BCUT2D eigenvalue weighted by Crippen LogP contribution is -2.37. The van der Waals surface area contributed by atoms with E-state index in [1.165, 1.54) is 24.9 Å². The van der Waals surface area contributed by atoms with E-state index in [1.54, 1.807) is 12.1 Å². The summed E-state index contributed by atoms with van der Waals surface area (Å²) in [6.45, 7) is 6.59. The predicted molar refractivity (Wildman–Crippen MR) is 70.1 cm³/mol. The van der Waals surface area contributed by atoms with Crippen molar-refractivity contribution in [2.24, 2.45) is 0 Å². The molecule has 1 aliphatic heterocycles. The Morgan fingerprint density at radius 3 is 2.82 bits per heavy atom. The van der Waals surface area contributed by atoms with E-state index in [1.807, 2.05) is 12.1 Å². The standard InChI is InChI=1S/C14H22N2O/c1-2-16-9-3-4-13(16)11-15-10-12-5-7-14(17)8-6-12/h5-8,13,15,17H,2-4,9-11H2,1H3. The summed E-state index contributed by atoms with van der Waals surface area (Å²) < 4.78 is 0. The number of phenolic OH excluding ortho intramolecular Hbond substituents is 1. The third-order valence-corrected chi connectivity index (χ3v) is 3.55. The number of rotatable bonds is 5. The highest BCUT2D eigenvalue weighted by molar-refractivity contribution is 5.25. The number of phenols is 1. The Bertz CT molecular complexity index is 337. The number of aromatic hydroxyl groups is 1. The van der Waals surface area contributed by atoms with Crippen LogP contribution in [0.1, 0.15) is 25.3 Å². The van der Waals surface area contributed by atoms with E-state index in [9.17, 15) is 5.11 Å². The molecule has 0 radical (unpaired) electrons. The molecule has 1 heterocycles. The Kier molecular flexibility index (Phi) is 4.40.